The number of imidazole rings is 1. The first-order chi connectivity index (χ1) is 14.4. The van der Waals surface area contributed by atoms with Crippen molar-refractivity contribution in [3.8, 4) is 0 Å². The van der Waals surface area contributed by atoms with E-state index in [1.165, 1.54) is 11.1 Å². The van der Waals surface area contributed by atoms with Gasteiger partial charge in [-0.15, -0.1) is 0 Å². The van der Waals surface area contributed by atoms with E-state index in [-0.39, 0.29) is 12.3 Å². The second-order valence-electron chi connectivity index (χ2n) is 7.45. The molecule has 2 heterocycles. The maximum Gasteiger partial charge on any atom is 0.329 e. The van der Waals surface area contributed by atoms with Crippen molar-refractivity contribution in [1.29, 1.82) is 0 Å². The van der Waals surface area contributed by atoms with Crippen molar-refractivity contribution in [2.24, 2.45) is 0 Å². The molecule has 8 nitrogen and oxygen atoms in total. The molecule has 1 atom stereocenters. The van der Waals surface area contributed by atoms with Crippen LogP contribution in [0.25, 0.3) is 11.0 Å². The van der Waals surface area contributed by atoms with Gasteiger partial charge in [-0.05, 0) is 49.2 Å². The molecule has 3 aromatic rings. The predicted octanol–water partition coefficient (Wildman–Crippen LogP) is 2.35. The number of carbonyl (C=O) groups is 3. The smallest absolute Gasteiger partial charge is 0.329 e. The molecule has 0 spiro atoms. The highest BCUT2D eigenvalue weighted by molar-refractivity contribution is 6.22. The lowest BCUT2D eigenvalue weighted by Gasteiger charge is -2.12. The molecule has 0 saturated carbocycles. The Morgan fingerprint density at radius 1 is 1.13 bits per heavy atom. The number of aromatic nitrogens is 2. The van der Waals surface area contributed by atoms with E-state index in [1.807, 2.05) is 13.0 Å². The lowest BCUT2D eigenvalue weighted by molar-refractivity contribution is -0.125. The fourth-order valence-electron chi connectivity index (χ4n) is 3.51. The van der Waals surface area contributed by atoms with E-state index >= 15 is 0 Å². The summed E-state index contributed by atoms with van der Waals surface area (Å²) in [6.45, 7) is 4.48. The van der Waals surface area contributed by atoms with Gasteiger partial charge in [0.25, 0.3) is 5.91 Å². The van der Waals surface area contributed by atoms with Gasteiger partial charge >= 0.3 is 6.03 Å². The Bertz CT molecular complexity index is 1080. The summed E-state index contributed by atoms with van der Waals surface area (Å²) in [4.78, 5) is 45.9. The molecule has 1 aliphatic heterocycles. The van der Waals surface area contributed by atoms with Crippen LogP contribution in [-0.2, 0) is 16.0 Å². The highest BCUT2D eigenvalue weighted by atomic mass is 16.2. The van der Waals surface area contributed by atoms with E-state index in [9.17, 15) is 14.4 Å². The van der Waals surface area contributed by atoms with Crippen LogP contribution in [-0.4, -0.2) is 40.4 Å². The third-order valence-electron chi connectivity index (χ3n) is 5.25. The molecular weight excluding hydrogens is 382 g/mol. The Labute approximate surface area is 173 Å². The average Bonchev–Trinajstić information content (AvgIpc) is 3.22. The second-order valence-corrected chi connectivity index (χ2v) is 7.45. The fourth-order valence-corrected chi connectivity index (χ4v) is 3.51. The third kappa shape index (κ3) is 3.89. The summed E-state index contributed by atoms with van der Waals surface area (Å²) in [6, 6.07) is 11.4. The molecule has 2 aromatic carbocycles. The van der Waals surface area contributed by atoms with Gasteiger partial charge in [-0.3, -0.25) is 9.59 Å². The van der Waals surface area contributed by atoms with Crippen LogP contribution in [0, 0.1) is 13.8 Å². The molecule has 4 amide bonds. The Kier molecular flexibility index (Phi) is 5.22. The molecule has 4 rings (SSSR count). The summed E-state index contributed by atoms with van der Waals surface area (Å²) in [5.41, 5.74) is 4.73. The number of anilines is 1. The van der Waals surface area contributed by atoms with Gasteiger partial charge < -0.3 is 15.6 Å². The third-order valence-corrected chi connectivity index (χ3v) is 5.25. The summed E-state index contributed by atoms with van der Waals surface area (Å²) in [5, 5.41) is 5.37. The number of nitrogens with one attached hydrogen (secondary N) is 3. The molecule has 1 aliphatic rings. The number of nitrogens with zero attached hydrogens (tertiary/aromatic N) is 2. The van der Waals surface area contributed by atoms with E-state index in [1.54, 1.807) is 30.3 Å². The molecule has 0 bridgehead atoms. The summed E-state index contributed by atoms with van der Waals surface area (Å²) >= 11 is 0. The van der Waals surface area contributed by atoms with Crippen molar-refractivity contribution in [2.45, 2.75) is 32.7 Å². The van der Waals surface area contributed by atoms with E-state index in [4.69, 9.17) is 0 Å². The summed E-state index contributed by atoms with van der Waals surface area (Å²) < 4.78 is 0. The zero-order valence-corrected chi connectivity index (χ0v) is 16.9. The number of carbonyl (C=O) groups excluding carboxylic acids is 3. The van der Waals surface area contributed by atoms with E-state index < -0.39 is 18.0 Å². The number of para-hydroxylation sites is 1. The number of aryl methyl sites for hydroxylation is 2. The van der Waals surface area contributed by atoms with Crippen LogP contribution in [0.1, 0.15) is 23.4 Å². The highest BCUT2D eigenvalue weighted by Gasteiger charge is 2.39. The minimum Gasteiger partial charge on any atom is -0.356 e. The predicted molar refractivity (Wildman–Crippen MR) is 113 cm³/mol. The Morgan fingerprint density at radius 2 is 1.87 bits per heavy atom. The van der Waals surface area contributed by atoms with Crippen LogP contribution >= 0.6 is 0 Å². The minimum atomic E-state index is -0.866. The van der Waals surface area contributed by atoms with Crippen LogP contribution < -0.4 is 15.5 Å². The molecule has 0 radical (unpaired) electrons. The zero-order valence-electron chi connectivity index (χ0n) is 16.9. The van der Waals surface area contributed by atoms with Crippen LogP contribution in [0.2, 0.25) is 0 Å². The Hall–Kier alpha value is -3.68. The first-order valence-electron chi connectivity index (χ1n) is 9.84. The van der Waals surface area contributed by atoms with Gasteiger partial charge in [-0.2, -0.15) is 0 Å². The van der Waals surface area contributed by atoms with Crippen molar-refractivity contribution in [3.05, 3.63) is 59.4 Å². The first kappa shape index (κ1) is 19.6. The van der Waals surface area contributed by atoms with E-state index in [0.29, 0.717) is 18.7 Å². The monoisotopic (exact) mass is 405 g/mol. The van der Waals surface area contributed by atoms with E-state index in [0.717, 1.165) is 21.8 Å². The van der Waals surface area contributed by atoms with Gasteiger partial charge in [0.1, 0.15) is 11.9 Å². The maximum absolute atomic E-state index is 12.5. The number of H-pyrrole nitrogens is 1. The van der Waals surface area contributed by atoms with Crippen molar-refractivity contribution in [1.82, 2.24) is 20.6 Å². The Morgan fingerprint density at radius 3 is 2.63 bits per heavy atom. The summed E-state index contributed by atoms with van der Waals surface area (Å²) in [5.74, 6) is 0.0616. The standard InChI is InChI=1S/C22H23N5O3/c1-13-10-16-17(11-14(13)2)25-19(24-16)8-9-23-20(28)12-18-21(29)27(22(30)26-18)15-6-4-3-5-7-15/h3-7,10-11,18H,8-9,12H2,1-2H3,(H,23,28)(H,24,25)(H,26,30)/t18-/m1/s1. The number of amides is 4. The number of hydrogen-bond acceptors (Lipinski definition) is 4. The average molecular weight is 405 g/mol. The Balaban J connectivity index is 1.31. The number of rotatable bonds is 6. The largest absolute Gasteiger partial charge is 0.356 e. The molecule has 154 valence electrons. The van der Waals surface area contributed by atoms with Crippen LogP contribution in [0.5, 0.6) is 0 Å². The molecule has 1 saturated heterocycles. The molecular formula is C22H23N5O3. The lowest BCUT2D eigenvalue weighted by atomic mass is 10.1. The van der Waals surface area contributed by atoms with Crippen molar-refractivity contribution in [2.75, 3.05) is 11.4 Å². The molecule has 1 fully saturated rings. The van der Waals surface area contributed by atoms with E-state index in [2.05, 4.69) is 33.6 Å². The number of fused-ring (bicyclic) bond motifs is 1. The number of aromatic amines is 1. The van der Waals surface area contributed by atoms with Crippen LogP contribution in [0.3, 0.4) is 0 Å². The molecule has 0 unspecified atom stereocenters. The van der Waals surface area contributed by atoms with Crippen LogP contribution in [0.15, 0.2) is 42.5 Å². The van der Waals surface area contributed by atoms with Crippen molar-refractivity contribution in [3.63, 3.8) is 0 Å². The molecule has 0 aliphatic carbocycles. The van der Waals surface area contributed by atoms with Gasteiger partial charge in [0.05, 0.1) is 23.1 Å². The molecule has 8 heteroatoms. The van der Waals surface area contributed by atoms with Gasteiger partial charge in [0.15, 0.2) is 0 Å². The second kappa shape index (κ2) is 7.98. The number of hydrogen-bond donors (Lipinski definition) is 3. The number of urea groups is 1. The summed E-state index contributed by atoms with van der Waals surface area (Å²) in [7, 11) is 0. The fraction of sp³-hybridized carbons (Fsp3) is 0.273. The molecule has 3 N–H and O–H groups in total. The lowest BCUT2D eigenvalue weighted by Crippen LogP contribution is -2.37. The molecule has 30 heavy (non-hydrogen) atoms. The van der Waals surface area contributed by atoms with Gasteiger partial charge in [-0.25, -0.2) is 14.7 Å². The van der Waals surface area contributed by atoms with Gasteiger partial charge in [-0.1, -0.05) is 18.2 Å². The minimum absolute atomic E-state index is 0.105. The maximum atomic E-state index is 12.5. The quantitative estimate of drug-likeness (QED) is 0.547. The first-order valence-corrected chi connectivity index (χ1v) is 9.84. The molecule has 1 aromatic heterocycles. The SMILES string of the molecule is Cc1cc2nc(CCNC(=O)C[C@H]3NC(=O)N(c4ccccc4)C3=O)[nH]c2cc1C. The normalized spacial score (nSPS) is 16.2. The summed E-state index contributed by atoms with van der Waals surface area (Å²) in [6.07, 6.45) is 0.437. The van der Waals surface area contributed by atoms with Gasteiger partial charge in [0, 0.05) is 13.0 Å². The topological polar surface area (TPSA) is 107 Å². The van der Waals surface area contributed by atoms with Crippen molar-refractivity contribution < 1.29 is 14.4 Å². The number of imide groups is 1. The van der Waals surface area contributed by atoms with Gasteiger partial charge in [0.2, 0.25) is 5.91 Å². The van der Waals surface area contributed by atoms with Crippen LogP contribution in [0.4, 0.5) is 10.5 Å². The highest BCUT2D eigenvalue weighted by Crippen LogP contribution is 2.20. The van der Waals surface area contributed by atoms with Crippen molar-refractivity contribution >= 4 is 34.6 Å². The zero-order chi connectivity index (χ0) is 21.3. The number of benzene rings is 2.